The molecule has 10 rings (SSSR count). The van der Waals surface area contributed by atoms with E-state index in [4.69, 9.17) is 48.3 Å². The number of hydrogen-bond donors (Lipinski definition) is 1. The SMILES string of the molecule is C[C@@H]1CC[C@H]2[C@@H](C)C(CC(COC(=O)CCC(=O)O)CC3O[C@H]4O[C@@]5(C)CC[C@H]6[C@H](C)CC[C@@H]([C@H]3C)[C@@]46OO5)O[C@H]3O[C@@]4(C)CC[C@@H]1[C@]32OO4. The molecular weight excluding hydrogens is 648 g/mol. The highest BCUT2D eigenvalue weighted by Crippen LogP contribution is 2.63. The molecule has 282 valence electrons. The summed E-state index contributed by atoms with van der Waals surface area (Å²) >= 11 is 0. The number of carbonyl (C=O) groups is 2. The number of rotatable bonds is 9. The molecule has 0 aromatic heterocycles. The van der Waals surface area contributed by atoms with E-state index in [0.29, 0.717) is 24.7 Å². The fraction of sp³-hybridized carbons (Fsp3) is 0.947. The van der Waals surface area contributed by atoms with Gasteiger partial charge < -0.3 is 28.8 Å². The van der Waals surface area contributed by atoms with Gasteiger partial charge in [0.15, 0.2) is 23.8 Å². The van der Waals surface area contributed by atoms with Gasteiger partial charge in [-0.25, -0.2) is 19.6 Å². The zero-order chi connectivity index (χ0) is 35.2. The van der Waals surface area contributed by atoms with Crippen LogP contribution >= 0.6 is 0 Å². The van der Waals surface area contributed by atoms with Gasteiger partial charge in [0.05, 0.1) is 31.7 Å². The van der Waals surface area contributed by atoms with Crippen molar-refractivity contribution in [3.63, 3.8) is 0 Å². The van der Waals surface area contributed by atoms with Crippen LogP contribution in [0.5, 0.6) is 0 Å². The summed E-state index contributed by atoms with van der Waals surface area (Å²) in [5.41, 5.74) is -1.30. The van der Waals surface area contributed by atoms with E-state index in [9.17, 15) is 9.59 Å². The highest BCUT2D eigenvalue weighted by molar-refractivity contribution is 5.76. The third kappa shape index (κ3) is 5.69. The molecule has 10 fully saturated rings. The molecule has 12 heteroatoms. The molecule has 2 spiro atoms. The van der Waals surface area contributed by atoms with Gasteiger partial charge in [-0.2, -0.15) is 0 Å². The number of esters is 1. The Morgan fingerprint density at radius 3 is 1.62 bits per heavy atom. The first-order chi connectivity index (χ1) is 23.8. The molecule has 2 unspecified atom stereocenters. The third-order valence-corrected chi connectivity index (χ3v) is 14.7. The zero-order valence-corrected chi connectivity index (χ0v) is 30.6. The van der Waals surface area contributed by atoms with Gasteiger partial charge in [-0.15, -0.1) is 0 Å². The minimum absolute atomic E-state index is 0.116. The fourth-order valence-electron chi connectivity index (χ4n) is 11.9. The monoisotopic (exact) mass is 706 g/mol. The fourth-order valence-corrected chi connectivity index (χ4v) is 11.9. The molecular formula is C38H58O12. The molecule has 10 aliphatic rings. The van der Waals surface area contributed by atoms with Crippen LogP contribution in [0.3, 0.4) is 0 Å². The van der Waals surface area contributed by atoms with Crippen LogP contribution in [0, 0.1) is 53.3 Å². The summed E-state index contributed by atoms with van der Waals surface area (Å²) in [6, 6.07) is 0. The molecule has 0 aromatic carbocycles. The molecule has 8 saturated heterocycles. The van der Waals surface area contributed by atoms with Crippen molar-refractivity contribution < 1.29 is 57.9 Å². The van der Waals surface area contributed by atoms with Crippen LogP contribution in [0.25, 0.3) is 0 Å². The quantitative estimate of drug-likeness (QED) is 0.213. The summed E-state index contributed by atoms with van der Waals surface area (Å²) in [5.74, 6) is -1.22. The largest absolute Gasteiger partial charge is 0.481 e. The van der Waals surface area contributed by atoms with Crippen molar-refractivity contribution >= 4 is 11.9 Å². The van der Waals surface area contributed by atoms with Gasteiger partial charge in [0.25, 0.3) is 0 Å². The van der Waals surface area contributed by atoms with E-state index in [0.717, 1.165) is 51.4 Å². The Hall–Kier alpha value is -1.38. The topological polar surface area (TPSA) is 137 Å². The molecule has 4 bridgehead atoms. The Morgan fingerprint density at radius 1 is 0.680 bits per heavy atom. The summed E-state index contributed by atoms with van der Waals surface area (Å²) < 4.78 is 33.0. The van der Waals surface area contributed by atoms with Crippen molar-refractivity contribution in [1.29, 1.82) is 0 Å². The molecule has 0 aromatic rings. The number of carboxylic acids is 1. The van der Waals surface area contributed by atoms with E-state index in [1.54, 1.807) is 0 Å². The van der Waals surface area contributed by atoms with Gasteiger partial charge in [-0.1, -0.05) is 27.7 Å². The van der Waals surface area contributed by atoms with Crippen LogP contribution in [0.15, 0.2) is 0 Å². The van der Waals surface area contributed by atoms with Gasteiger partial charge in [0.1, 0.15) is 0 Å². The van der Waals surface area contributed by atoms with Crippen molar-refractivity contribution in [2.24, 2.45) is 53.3 Å². The molecule has 16 atom stereocenters. The van der Waals surface area contributed by atoms with Gasteiger partial charge >= 0.3 is 11.9 Å². The summed E-state index contributed by atoms with van der Waals surface area (Å²) in [4.78, 5) is 48.8. The normalized spacial score (nSPS) is 52.6. The van der Waals surface area contributed by atoms with Gasteiger partial charge in [0, 0.05) is 24.7 Å². The highest BCUT2D eigenvalue weighted by Gasteiger charge is 2.71. The molecule has 1 N–H and O–H groups in total. The summed E-state index contributed by atoms with van der Waals surface area (Å²) in [6.45, 7) is 13.2. The van der Waals surface area contributed by atoms with Crippen LogP contribution in [0.4, 0.5) is 0 Å². The van der Waals surface area contributed by atoms with Crippen molar-refractivity contribution in [3.05, 3.63) is 0 Å². The van der Waals surface area contributed by atoms with Crippen molar-refractivity contribution in [2.75, 3.05) is 6.61 Å². The number of aliphatic carboxylic acids is 1. The average Bonchev–Trinajstić information content (AvgIpc) is 3.45. The van der Waals surface area contributed by atoms with E-state index in [-0.39, 0.29) is 73.1 Å². The second kappa shape index (κ2) is 12.9. The number of fused-ring (bicyclic) bond motifs is 4. The molecule has 0 amide bonds. The first-order valence-electron chi connectivity index (χ1n) is 19.5. The average molecular weight is 707 g/mol. The maximum atomic E-state index is 12.8. The Bertz CT molecular complexity index is 1230. The Morgan fingerprint density at radius 2 is 1.16 bits per heavy atom. The molecule has 8 aliphatic heterocycles. The van der Waals surface area contributed by atoms with Crippen LogP contribution in [-0.4, -0.2) is 71.2 Å². The molecule has 12 nitrogen and oxygen atoms in total. The molecule has 2 saturated carbocycles. The first kappa shape index (κ1) is 35.6. The molecule has 2 aliphatic carbocycles. The lowest BCUT2D eigenvalue weighted by Crippen LogP contribution is -2.70. The molecule has 8 heterocycles. The van der Waals surface area contributed by atoms with E-state index >= 15 is 0 Å². The zero-order valence-electron chi connectivity index (χ0n) is 30.6. The number of carbonyl (C=O) groups excluding carboxylic acids is 1. The van der Waals surface area contributed by atoms with Crippen molar-refractivity contribution in [2.45, 2.75) is 166 Å². The van der Waals surface area contributed by atoms with Gasteiger partial charge in [0.2, 0.25) is 11.6 Å². The Labute approximate surface area is 295 Å². The van der Waals surface area contributed by atoms with E-state index in [2.05, 4.69) is 27.7 Å². The van der Waals surface area contributed by atoms with E-state index in [1.165, 1.54) is 0 Å². The summed E-state index contributed by atoms with van der Waals surface area (Å²) in [7, 11) is 0. The second-order valence-electron chi connectivity index (χ2n) is 17.8. The minimum atomic E-state index is -1.02. The minimum Gasteiger partial charge on any atom is -0.481 e. The lowest BCUT2D eigenvalue weighted by molar-refractivity contribution is -0.571. The van der Waals surface area contributed by atoms with E-state index < -0.39 is 47.3 Å². The molecule has 0 radical (unpaired) electrons. The number of hydrogen-bond acceptors (Lipinski definition) is 11. The standard InChI is InChI=1S/C38H58O12/c1-20-7-9-27-22(3)29(43-33-37(27)25(20)13-15-35(5,45-33)47-49-37)17-24(19-42-32(41)12-11-31(39)40)18-30-23(4)28-10-8-21(2)26-14-16-36(6)46-34(44-30)38(26,28)50-48-36/h20-30,33-34H,7-19H2,1-6H3,(H,39,40)/t20-,21-,22-,23-,24?,25+,26+,27+,28+,29?,30?,33+,34+,35-,36-,37-,38-/m1/s1. The number of carboxylic acid groups (broad SMARTS) is 1. The van der Waals surface area contributed by atoms with Gasteiger partial charge in [-0.3, -0.25) is 9.59 Å². The summed E-state index contributed by atoms with van der Waals surface area (Å²) in [5, 5.41) is 9.16. The van der Waals surface area contributed by atoms with Crippen LogP contribution < -0.4 is 0 Å². The number of ether oxygens (including phenoxy) is 5. The van der Waals surface area contributed by atoms with E-state index in [1.807, 2.05) is 13.8 Å². The molecule has 50 heavy (non-hydrogen) atoms. The first-order valence-corrected chi connectivity index (χ1v) is 19.5. The predicted octanol–water partition coefficient (Wildman–Crippen LogP) is 6.29. The predicted molar refractivity (Wildman–Crippen MR) is 174 cm³/mol. The van der Waals surface area contributed by atoms with Gasteiger partial charge in [-0.05, 0) is 107 Å². The highest BCUT2D eigenvalue weighted by atomic mass is 17.3. The van der Waals surface area contributed by atoms with Crippen LogP contribution in [-0.2, 0) is 52.8 Å². The van der Waals surface area contributed by atoms with Crippen molar-refractivity contribution in [1.82, 2.24) is 0 Å². The second-order valence-corrected chi connectivity index (χ2v) is 17.8. The lowest BCUT2D eigenvalue weighted by atomic mass is 9.56. The smallest absolute Gasteiger partial charge is 0.306 e. The summed E-state index contributed by atoms with van der Waals surface area (Å²) in [6.07, 6.45) is 7.04. The Kier molecular flexibility index (Phi) is 9.19. The van der Waals surface area contributed by atoms with Crippen LogP contribution in [0.1, 0.15) is 119 Å². The van der Waals surface area contributed by atoms with Crippen LogP contribution in [0.2, 0.25) is 0 Å². The maximum absolute atomic E-state index is 12.8. The third-order valence-electron chi connectivity index (χ3n) is 14.7. The lowest BCUT2D eigenvalue weighted by Gasteiger charge is -2.61. The Balaban J connectivity index is 1.05. The maximum Gasteiger partial charge on any atom is 0.306 e. The van der Waals surface area contributed by atoms with Crippen molar-refractivity contribution in [3.8, 4) is 0 Å².